The minimum Gasteiger partial charge on any atom is -0.461 e. The first-order valence-corrected chi connectivity index (χ1v) is 7.69. The molecule has 122 valence electrons. The maximum atomic E-state index is 11.8. The van der Waals surface area contributed by atoms with E-state index in [4.69, 9.17) is 9.15 Å². The van der Waals surface area contributed by atoms with Crippen LogP contribution in [0.25, 0.3) is 17.2 Å². The van der Waals surface area contributed by atoms with Crippen LogP contribution in [0.5, 0.6) is 0 Å². The molecule has 0 bridgehead atoms. The third-order valence-corrected chi connectivity index (χ3v) is 3.56. The quantitative estimate of drug-likeness (QED) is 0.653. The van der Waals surface area contributed by atoms with Crippen molar-refractivity contribution < 1.29 is 13.9 Å². The Morgan fingerprint density at radius 3 is 2.67 bits per heavy atom. The number of esters is 1. The van der Waals surface area contributed by atoms with Gasteiger partial charge in [0.2, 0.25) is 0 Å². The summed E-state index contributed by atoms with van der Waals surface area (Å²) < 4.78 is 11.7. The number of fused-ring (bicyclic) bond motifs is 1. The Bertz CT molecular complexity index is 906. The number of carbonyl (C=O) groups excluding carboxylic acids is 1. The summed E-state index contributed by atoms with van der Waals surface area (Å²) >= 11 is 0. The molecular formula is C19H17NO4. The lowest BCUT2D eigenvalue weighted by molar-refractivity contribution is -0.142. The Hall–Kier alpha value is -3.08. The van der Waals surface area contributed by atoms with Crippen molar-refractivity contribution in [3.8, 4) is 0 Å². The highest BCUT2D eigenvalue weighted by Gasteiger charge is 2.10. The van der Waals surface area contributed by atoms with Gasteiger partial charge in [-0.05, 0) is 23.8 Å². The fraction of sp³-hybridized carbons (Fsp3) is 0.158. The second-order valence-corrected chi connectivity index (χ2v) is 5.23. The first-order valence-electron chi connectivity index (χ1n) is 7.69. The average Bonchev–Trinajstić information content (AvgIpc) is 2.93. The number of hydrogen-bond acceptors (Lipinski definition) is 4. The highest BCUT2D eigenvalue weighted by Crippen LogP contribution is 2.12. The third kappa shape index (κ3) is 3.81. The zero-order chi connectivity index (χ0) is 16.8. The highest BCUT2D eigenvalue weighted by molar-refractivity contribution is 5.73. The van der Waals surface area contributed by atoms with Crippen molar-refractivity contribution in [2.24, 2.45) is 0 Å². The van der Waals surface area contributed by atoms with Crippen molar-refractivity contribution in [2.45, 2.75) is 13.0 Å². The van der Waals surface area contributed by atoms with Crippen LogP contribution in [0, 0.1) is 0 Å². The van der Waals surface area contributed by atoms with E-state index in [-0.39, 0.29) is 25.5 Å². The number of carbonyl (C=O) groups is 1. The average molecular weight is 323 g/mol. The molecule has 5 heteroatoms. The molecule has 5 nitrogen and oxygen atoms in total. The first kappa shape index (κ1) is 15.8. The molecule has 0 atom stereocenters. The van der Waals surface area contributed by atoms with Gasteiger partial charge < -0.3 is 9.15 Å². The predicted molar refractivity (Wildman–Crippen MR) is 91.5 cm³/mol. The zero-order valence-electron chi connectivity index (χ0n) is 13.1. The van der Waals surface area contributed by atoms with Gasteiger partial charge in [0, 0.05) is 6.54 Å². The van der Waals surface area contributed by atoms with Crippen LogP contribution in [-0.4, -0.2) is 17.1 Å². The minimum atomic E-state index is -0.465. The first-order chi connectivity index (χ1) is 11.7. The van der Waals surface area contributed by atoms with E-state index in [9.17, 15) is 9.59 Å². The number of rotatable bonds is 6. The van der Waals surface area contributed by atoms with Gasteiger partial charge in [0.05, 0.1) is 11.9 Å². The minimum absolute atomic E-state index is 0.114. The van der Waals surface area contributed by atoms with E-state index in [1.165, 1.54) is 4.57 Å². The van der Waals surface area contributed by atoms with Crippen LogP contribution in [0.1, 0.15) is 12.0 Å². The Morgan fingerprint density at radius 2 is 1.83 bits per heavy atom. The number of nitrogens with zero attached hydrogens (tertiary/aromatic N) is 1. The van der Waals surface area contributed by atoms with Gasteiger partial charge in [0.15, 0.2) is 5.58 Å². The number of aromatic nitrogens is 1. The van der Waals surface area contributed by atoms with Crippen molar-refractivity contribution in [3.63, 3.8) is 0 Å². The lowest BCUT2D eigenvalue weighted by Gasteiger charge is -2.03. The Labute approximate surface area is 138 Å². The zero-order valence-corrected chi connectivity index (χ0v) is 13.1. The third-order valence-electron chi connectivity index (χ3n) is 3.56. The van der Waals surface area contributed by atoms with Gasteiger partial charge in [-0.2, -0.15) is 0 Å². The lowest BCUT2D eigenvalue weighted by Crippen LogP contribution is -2.17. The molecule has 0 amide bonds. The van der Waals surface area contributed by atoms with E-state index in [0.29, 0.717) is 11.1 Å². The number of ether oxygens (including phenoxy) is 1. The van der Waals surface area contributed by atoms with Crippen molar-refractivity contribution in [2.75, 3.05) is 6.61 Å². The maximum absolute atomic E-state index is 11.8. The van der Waals surface area contributed by atoms with Crippen LogP contribution < -0.4 is 5.76 Å². The Balaban J connectivity index is 1.51. The second kappa shape index (κ2) is 7.46. The van der Waals surface area contributed by atoms with Crippen molar-refractivity contribution >= 4 is 23.1 Å². The van der Waals surface area contributed by atoms with E-state index in [1.807, 2.05) is 42.5 Å². The summed E-state index contributed by atoms with van der Waals surface area (Å²) in [6.07, 6.45) is 3.79. The molecule has 0 saturated carbocycles. The van der Waals surface area contributed by atoms with Crippen LogP contribution in [0.15, 0.2) is 69.9 Å². The molecule has 0 aliphatic heterocycles. The molecule has 1 aromatic heterocycles. The molecule has 0 radical (unpaired) electrons. The topological polar surface area (TPSA) is 61.4 Å². The van der Waals surface area contributed by atoms with E-state index in [0.717, 1.165) is 5.56 Å². The van der Waals surface area contributed by atoms with E-state index < -0.39 is 5.76 Å². The second-order valence-electron chi connectivity index (χ2n) is 5.23. The van der Waals surface area contributed by atoms with Crippen LogP contribution in [-0.2, 0) is 16.1 Å². The molecule has 1 heterocycles. The summed E-state index contributed by atoms with van der Waals surface area (Å²) in [7, 11) is 0. The lowest BCUT2D eigenvalue weighted by atomic mass is 10.2. The summed E-state index contributed by atoms with van der Waals surface area (Å²) in [6.45, 7) is 0.436. The number of para-hydroxylation sites is 2. The van der Waals surface area contributed by atoms with E-state index >= 15 is 0 Å². The SMILES string of the molecule is O=C(CCn1c(=O)oc2ccccc21)OC/C=C/c1ccccc1. The van der Waals surface area contributed by atoms with Crippen molar-refractivity contribution in [1.29, 1.82) is 0 Å². The van der Waals surface area contributed by atoms with Crippen LogP contribution in [0.2, 0.25) is 0 Å². The number of oxazole rings is 1. The normalized spacial score (nSPS) is 11.2. The summed E-state index contributed by atoms with van der Waals surface area (Å²) in [4.78, 5) is 23.6. The maximum Gasteiger partial charge on any atom is 0.419 e. The predicted octanol–water partition coefficient (Wildman–Crippen LogP) is 3.24. The molecule has 2 aromatic carbocycles. The van der Waals surface area contributed by atoms with E-state index in [2.05, 4.69) is 0 Å². The smallest absolute Gasteiger partial charge is 0.419 e. The van der Waals surface area contributed by atoms with Gasteiger partial charge >= 0.3 is 11.7 Å². The van der Waals surface area contributed by atoms with Gasteiger partial charge in [-0.1, -0.05) is 48.5 Å². The highest BCUT2D eigenvalue weighted by atomic mass is 16.5. The Kier molecular flexibility index (Phi) is 4.91. The fourth-order valence-corrected chi connectivity index (χ4v) is 2.39. The van der Waals surface area contributed by atoms with Crippen molar-refractivity contribution in [1.82, 2.24) is 4.57 Å². The van der Waals surface area contributed by atoms with Crippen molar-refractivity contribution in [3.05, 3.63) is 76.8 Å². The molecular weight excluding hydrogens is 306 g/mol. The van der Waals surface area contributed by atoms with Gasteiger partial charge in [0.1, 0.15) is 6.61 Å². The fourth-order valence-electron chi connectivity index (χ4n) is 2.39. The summed E-state index contributed by atoms with van der Waals surface area (Å²) in [5, 5.41) is 0. The van der Waals surface area contributed by atoms with E-state index in [1.54, 1.807) is 24.3 Å². The molecule has 0 aliphatic rings. The summed E-state index contributed by atoms with van der Waals surface area (Å²) in [5.74, 6) is -0.821. The summed E-state index contributed by atoms with van der Waals surface area (Å²) in [6, 6.07) is 16.9. The van der Waals surface area contributed by atoms with Gasteiger partial charge in [-0.15, -0.1) is 0 Å². The van der Waals surface area contributed by atoms with Gasteiger partial charge in [0.25, 0.3) is 0 Å². The standard InChI is InChI=1S/C19H17NO4/c21-18(23-14-6-9-15-7-2-1-3-8-15)12-13-20-16-10-4-5-11-17(16)24-19(20)22/h1-11H,12-14H2/b9-6+. The molecule has 3 rings (SSSR count). The summed E-state index contributed by atoms with van der Waals surface area (Å²) in [5.41, 5.74) is 2.24. The van der Waals surface area contributed by atoms with Crippen LogP contribution >= 0.6 is 0 Å². The largest absolute Gasteiger partial charge is 0.461 e. The number of aryl methyl sites for hydroxylation is 1. The molecule has 24 heavy (non-hydrogen) atoms. The Morgan fingerprint density at radius 1 is 1.08 bits per heavy atom. The molecule has 0 saturated heterocycles. The van der Waals surface area contributed by atoms with Crippen LogP contribution in [0.3, 0.4) is 0 Å². The van der Waals surface area contributed by atoms with Gasteiger partial charge in [-0.3, -0.25) is 9.36 Å². The number of benzene rings is 2. The van der Waals surface area contributed by atoms with Gasteiger partial charge in [-0.25, -0.2) is 4.79 Å². The molecule has 0 aliphatic carbocycles. The molecule has 3 aromatic rings. The molecule has 0 unspecified atom stereocenters. The molecule has 0 N–H and O–H groups in total. The molecule has 0 spiro atoms. The van der Waals surface area contributed by atoms with Crippen LogP contribution in [0.4, 0.5) is 0 Å². The monoisotopic (exact) mass is 323 g/mol. The number of hydrogen-bond donors (Lipinski definition) is 0. The molecule has 0 fully saturated rings.